The van der Waals surface area contributed by atoms with E-state index in [-0.39, 0.29) is 12.5 Å². The van der Waals surface area contributed by atoms with E-state index in [1.807, 2.05) is 47.0 Å². The minimum Gasteiger partial charge on any atom is -0.493 e. The van der Waals surface area contributed by atoms with E-state index in [2.05, 4.69) is 26.5 Å². The second-order valence-corrected chi connectivity index (χ2v) is 7.69. The van der Waals surface area contributed by atoms with Crippen LogP contribution in [0.15, 0.2) is 68.8 Å². The van der Waals surface area contributed by atoms with Crippen LogP contribution in [0, 0.1) is 0 Å². The molecule has 0 radical (unpaired) electrons. The maximum atomic E-state index is 12.6. The molecule has 8 nitrogen and oxygen atoms in total. The minimum absolute atomic E-state index is 0.0718. The number of fused-ring (bicyclic) bond motifs is 1. The summed E-state index contributed by atoms with van der Waals surface area (Å²) in [7, 11) is 3.20. The van der Waals surface area contributed by atoms with E-state index in [4.69, 9.17) is 18.9 Å². The molecule has 0 aliphatic heterocycles. The number of para-hydroxylation sites is 2. The van der Waals surface area contributed by atoms with Crippen molar-refractivity contribution in [1.29, 1.82) is 0 Å². The third-order valence-corrected chi connectivity index (χ3v) is 5.25. The number of methoxy groups -OCH3 is 2. The Bertz CT molecular complexity index is 1280. The highest BCUT2D eigenvalue weighted by Crippen LogP contribution is 2.29. The molecule has 9 heteroatoms. The number of halogens is 1. The number of imidazole rings is 1. The molecule has 0 bridgehead atoms. The van der Waals surface area contributed by atoms with E-state index in [0.29, 0.717) is 28.3 Å². The Morgan fingerprint density at radius 3 is 2.72 bits per heavy atom. The lowest BCUT2D eigenvalue weighted by Crippen LogP contribution is -2.24. The summed E-state index contributed by atoms with van der Waals surface area (Å²) in [5, 5.41) is 3.97. The van der Waals surface area contributed by atoms with Gasteiger partial charge in [-0.25, -0.2) is 10.4 Å². The molecule has 2 heterocycles. The number of hydrogen-bond acceptors (Lipinski definition) is 6. The van der Waals surface area contributed by atoms with Crippen molar-refractivity contribution in [3.63, 3.8) is 0 Å². The molecular formula is C23H21BrN4O4. The van der Waals surface area contributed by atoms with Gasteiger partial charge in [0.05, 0.1) is 31.5 Å². The van der Waals surface area contributed by atoms with Crippen LogP contribution >= 0.6 is 15.9 Å². The van der Waals surface area contributed by atoms with E-state index >= 15 is 0 Å². The van der Waals surface area contributed by atoms with Gasteiger partial charge in [0.1, 0.15) is 18.1 Å². The summed E-state index contributed by atoms with van der Waals surface area (Å²) in [6.45, 7) is 0.0718. The largest absolute Gasteiger partial charge is 0.493 e. The van der Waals surface area contributed by atoms with Crippen LogP contribution in [0.25, 0.3) is 11.0 Å². The van der Waals surface area contributed by atoms with Crippen molar-refractivity contribution in [2.24, 2.45) is 5.10 Å². The molecule has 0 atom stereocenters. The topological polar surface area (TPSA) is 90.9 Å². The molecule has 1 N–H and O–H groups in total. The Kier molecular flexibility index (Phi) is 6.55. The van der Waals surface area contributed by atoms with Gasteiger partial charge in [-0.2, -0.15) is 5.10 Å². The average molecular weight is 497 g/mol. The molecule has 0 saturated carbocycles. The molecule has 2 aromatic heterocycles. The Morgan fingerprint density at radius 1 is 1.16 bits per heavy atom. The first-order chi connectivity index (χ1) is 15.6. The molecule has 0 unspecified atom stereocenters. The van der Waals surface area contributed by atoms with Crippen molar-refractivity contribution in [3.8, 4) is 11.5 Å². The summed E-state index contributed by atoms with van der Waals surface area (Å²) in [6.07, 6.45) is 1.96. The molecule has 0 fully saturated rings. The fourth-order valence-corrected chi connectivity index (χ4v) is 3.67. The first-order valence-corrected chi connectivity index (χ1v) is 10.6. The van der Waals surface area contributed by atoms with E-state index < -0.39 is 0 Å². The van der Waals surface area contributed by atoms with E-state index in [0.717, 1.165) is 22.4 Å². The summed E-state index contributed by atoms with van der Waals surface area (Å²) >= 11 is 3.23. The second-order valence-electron chi connectivity index (χ2n) is 6.90. The fourth-order valence-electron chi connectivity index (χ4n) is 3.35. The van der Waals surface area contributed by atoms with Gasteiger partial charge in [-0.3, -0.25) is 4.79 Å². The second kappa shape index (κ2) is 9.69. The monoisotopic (exact) mass is 496 g/mol. The number of amides is 1. The number of furan rings is 1. The van der Waals surface area contributed by atoms with E-state index in [1.165, 1.54) is 6.21 Å². The zero-order chi connectivity index (χ0) is 22.5. The zero-order valence-corrected chi connectivity index (χ0v) is 19.1. The summed E-state index contributed by atoms with van der Waals surface area (Å²) in [4.78, 5) is 17.3. The SMILES string of the molecule is COc1ccc(Cc2nc3ccccc3n2CC(=O)NN=Cc2ccc(Br)o2)cc1OC. The molecule has 0 saturated heterocycles. The number of nitrogens with zero attached hydrogens (tertiary/aromatic N) is 3. The van der Waals surface area contributed by atoms with Crippen molar-refractivity contribution in [2.75, 3.05) is 14.2 Å². The number of carbonyl (C=O) groups excluding carboxylic acids is 1. The third-order valence-electron chi connectivity index (χ3n) is 4.82. The fraction of sp³-hybridized carbons (Fsp3) is 0.174. The van der Waals surface area contributed by atoms with Gasteiger partial charge >= 0.3 is 0 Å². The lowest BCUT2D eigenvalue weighted by Gasteiger charge is -2.11. The Labute approximate surface area is 193 Å². The first kappa shape index (κ1) is 21.6. The smallest absolute Gasteiger partial charge is 0.260 e. The van der Waals surface area contributed by atoms with Gasteiger partial charge in [0, 0.05) is 6.42 Å². The lowest BCUT2D eigenvalue weighted by molar-refractivity contribution is -0.121. The average Bonchev–Trinajstić information content (AvgIpc) is 3.36. The van der Waals surface area contributed by atoms with Crippen LogP contribution in [0.2, 0.25) is 0 Å². The minimum atomic E-state index is -0.274. The molecule has 32 heavy (non-hydrogen) atoms. The molecular weight excluding hydrogens is 476 g/mol. The van der Waals surface area contributed by atoms with Crippen LogP contribution in [0.5, 0.6) is 11.5 Å². The van der Waals surface area contributed by atoms with Gasteiger partial charge in [0.15, 0.2) is 16.2 Å². The number of aromatic nitrogens is 2. The molecule has 0 aliphatic rings. The van der Waals surface area contributed by atoms with Crippen LogP contribution in [-0.2, 0) is 17.8 Å². The van der Waals surface area contributed by atoms with Gasteiger partial charge in [-0.05, 0) is 57.9 Å². The molecule has 0 spiro atoms. The standard InChI is InChI=1S/C23H21BrN4O4/c1-30-19-9-7-15(11-20(19)31-2)12-22-26-17-5-3-4-6-18(17)28(22)14-23(29)27-25-13-16-8-10-21(24)32-16/h3-11,13H,12,14H2,1-2H3,(H,27,29). The van der Waals surface area contributed by atoms with Crippen LogP contribution in [0.1, 0.15) is 17.1 Å². The van der Waals surface area contributed by atoms with Crippen molar-refractivity contribution in [2.45, 2.75) is 13.0 Å². The van der Waals surface area contributed by atoms with Gasteiger partial charge < -0.3 is 18.5 Å². The molecule has 0 aliphatic carbocycles. The molecule has 4 aromatic rings. The Balaban J connectivity index is 1.56. The number of carbonyl (C=O) groups is 1. The summed E-state index contributed by atoms with van der Waals surface area (Å²) in [5.74, 6) is 2.31. The number of hydrogen-bond donors (Lipinski definition) is 1. The number of rotatable bonds is 8. The summed E-state index contributed by atoms with van der Waals surface area (Å²) in [5.41, 5.74) is 5.22. The van der Waals surface area contributed by atoms with Crippen LogP contribution < -0.4 is 14.9 Å². The lowest BCUT2D eigenvalue weighted by atomic mass is 10.1. The highest BCUT2D eigenvalue weighted by Gasteiger charge is 2.15. The van der Waals surface area contributed by atoms with Crippen molar-refractivity contribution >= 4 is 39.1 Å². The number of nitrogens with one attached hydrogen (secondary N) is 1. The molecule has 164 valence electrons. The highest BCUT2D eigenvalue weighted by atomic mass is 79.9. The summed E-state index contributed by atoms with van der Waals surface area (Å²) in [6, 6.07) is 16.9. The maximum Gasteiger partial charge on any atom is 0.260 e. The predicted octanol–water partition coefficient (Wildman–Crippen LogP) is 4.15. The van der Waals surface area contributed by atoms with Gasteiger partial charge in [0.25, 0.3) is 5.91 Å². The zero-order valence-electron chi connectivity index (χ0n) is 17.5. The van der Waals surface area contributed by atoms with Gasteiger partial charge in [-0.1, -0.05) is 18.2 Å². The van der Waals surface area contributed by atoms with Crippen LogP contribution in [-0.4, -0.2) is 35.9 Å². The first-order valence-electron chi connectivity index (χ1n) is 9.79. The van der Waals surface area contributed by atoms with E-state index in [1.54, 1.807) is 26.4 Å². The van der Waals surface area contributed by atoms with Crippen molar-refractivity contribution in [1.82, 2.24) is 15.0 Å². The van der Waals surface area contributed by atoms with Crippen molar-refractivity contribution in [3.05, 3.63) is 76.4 Å². The number of hydrazone groups is 1. The number of benzene rings is 2. The van der Waals surface area contributed by atoms with Gasteiger partial charge in [0.2, 0.25) is 0 Å². The number of ether oxygens (including phenoxy) is 2. The Hall–Kier alpha value is -3.59. The molecule has 2 aromatic carbocycles. The quantitative estimate of drug-likeness (QED) is 0.292. The molecule has 4 rings (SSSR count). The predicted molar refractivity (Wildman–Crippen MR) is 124 cm³/mol. The maximum absolute atomic E-state index is 12.6. The van der Waals surface area contributed by atoms with Crippen molar-refractivity contribution < 1.29 is 18.7 Å². The van der Waals surface area contributed by atoms with Crippen LogP contribution in [0.3, 0.4) is 0 Å². The van der Waals surface area contributed by atoms with Crippen LogP contribution in [0.4, 0.5) is 0 Å². The summed E-state index contributed by atoms with van der Waals surface area (Å²) < 4.78 is 18.5. The normalized spacial score (nSPS) is 11.2. The Morgan fingerprint density at radius 2 is 1.97 bits per heavy atom. The van der Waals surface area contributed by atoms with E-state index in [9.17, 15) is 4.79 Å². The molecule has 1 amide bonds. The van der Waals surface area contributed by atoms with Gasteiger partial charge in [-0.15, -0.1) is 0 Å². The third kappa shape index (κ3) is 4.83. The highest BCUT2D eigenvalue weighted by molar-refractivity contribution is 9.10.